The zero-order valence-electron chi connectivity index (χ0n) is 16.3. The molecule has 0 unspecified atom stereocenters. The highest BCUT2D eigenvalue weighted by molar-refractivity contribution is 7.90. The molecule has 0 saturated carbocycles. The van der Waals surface area contributed by atoms with Crippen LogP contribution >= 0.6 is 0 Å². The average molecular weight is 433 g/mol. The Morgan fingerprint density at radius 3 is 2.77 bits per heavy atom. The highest BCUT2D eigenvalue weighted by Crippen LogP contribution is 2.30. The van der Waals surface area contributed by atoms with Crippen molar-refractivity contribution in [3.63, 3.8) is 0 Å². The summed E-state index contributed by atoms with van der Waals surface area (Å²) in [5, 5.41) is 2.79. The molecule has 2 aromatic rings. The van der Waals surface area contributed by atoms with Gasteiger partial charge in [-0.2, -0.15) is 8.42 Å². The fraction of sp³-hybridized carbons (Fsp3) is 0.333. The van der Waals surface area contributed by atoms with Crippen molar-refractivity contribution in [2.24, 2.45) is 10.3 Å². The van der Waals surface area contributed by atoms with E-state index in [-0.39, 0.29) is 16.4 Å². The molecule has 1 fully saturated rings. The monoisotopic (exact) mass is 433 g/mol. The lowest BCUT2D eigenvalue weighted by Crippen LogP contribution is -2.46. The molecule has 0 radical (unpaired) electrons. The van der Waals surface area contributed by atoms with Crippen LogP contribution in [0.4, 0.5) is 8.78 Å². The van der Waals surface area contributed by atoms with Crippen molar-refractivity contribution in [1.29, 1.82) is 0 Å². The Bertz CT molecular complexity index is 1130. The summed E-state index contributed by atoms with van der Waals surface area (Å²) in [6.45, 7) is 2.54. The van der Waals surface area contributed by atoms with Crippen LogP contribution in [-0.4, -0.2) is 38.2 Å². The van der Waals surface area contributed by atoms with E-state index in [1.54, 1.807) is 25.1 Å². The van der Waals surface area contributed by atoms with Crippen LogP contribution in [-0.2, 0) is 14.8 Å². The molecule has 2 heterocycles. The standard InChI is InChI=1S/C21H21F2N3O3S/c1-13(16-9-8-15(22)11-18(16)23)24-21(27)14-5-4-10-26(12-14)20-17-6-2-3-7-19(17)30(28,29)25-20/h2-3,6-9,11,13-14H,4-5,10,12H2,1H3,(H,24,27)/t13-,14+/m1/s1. The molecule has 1 N–H and O–H groups in total. The number of amides is 1. The van der Waals surface area contributed by atoms with Crippen molar-refractivity contribution in [1.82, 2.24) is 10.2 Å². The van der Waals surface area contributed by atoms with Crippen molar-refractivity contribution in [2.75, 3.05) is 13.1 Å². The van der Waals surface area contributed by atoms with E-state index < -0.39 is 33.6 Å². The first-order chi connectivity index (χ1) is 14.3. The largest absolute Gasteiger partial charge is 0.355 e. The molecule has 9 heteroatoms. The van der Waals surface area contributed by atoms with Crippen LogP contribution in [0, 0.1) is 17.6 Å². The maximum absolute atomic E-state index is 14.0. The number of fused-ring (bicyclic) bond motifs is 1. The molecular formula is C21H21F2N3O3S. The summed E-state index contributed by atoms with van der Waals surface area (Å²) in [4.78, 5) is 14.8. The molecule has 0 spiro atoms. The van der Waals surface area contributed by atoms with Crippen molar-refractivity contribution >= 4 is 21.8 Å². The van der Waals surface area contributed by atoms with Gasteiger partial charge in [-0.3, -0.25) is 4.79 Å². The molecule has 1 saturated heterocycles. The number of benzene rings is 2. The maximum atomic E-state index is 14.0. The molecule has 2 atom stereocenters. The lowest BCUT2D eigenvalue weighted by Gasteiger charge is -2.34. The second kappa shape index (κ2) is 7.79. The van der Waals surface area contributed by atoms with Gasteiger partial charge in [-0.25, -0.2) is 8.78 Å². The number of piperidine rings is 1. The number of hydrogen-bond acceptors (Lipinski definition) is 4. The minimum atomic E-state index is -3.73. The third-order valence-electron chi connectivity index (χ3n) is 5.49. The number of hydrogen-bond donors (Lipinski definition) is 1. The van der Waals surface area contributed by atoms with E-state index in [0.717, 1.165) is 12.1 Å². The van der Waals surface area contributed by atoms with Crippen molar-refractivity contribution in [3.8, 4) is 0 Å². The first-order valence-corrected chi connectivity index (χ1v) is 11.1. The van der Waals surface area contributed by atoms with Gasteiger partial charge in [0.1, 0.15) is 16.5 Å². The Labute approximate surface area is 173 Å². The molecule has 1 amide bonds. The van der Waals surface area contributed by atoms with E-state index in [0.29, 0.717) is 37.3 Å². The fourth-order valence-corrected chi connectivity index (χ4v) is 5.19. The first-order valence-electron chi connectivity index (χ1n) is 9.71. The van der Waals surface area contributed by atoms with E-state index in [2.05, 4.69) is 9.71 Å². The second-order valence-electron chi connectivity index (χ2n) is 7.57. The topological polar surface area (TPSA) is 78.8 Å². The van der Waals surface area contributed by atoms with Crippen molar-refractivity contribution < 1.29 is 22.0 Å². The fourth-order valence-electron chi connectivity index (χ4n) is 3.96. The van der Waals surface area contributed by atoms with Gasteiger partial charge in [0, 0.05) is 30.3 Å². The summed E-state index contributed by atoms with van der Waals surface area (Å²) in [5.41, 5.74) is 0.748. The molecule has 0 bridgehead atoms. The van der Waals surface area contributed by atoms with Crippen molar-refractivity contribution in [3.05, 3.63) is 65.2 Å². The van der Waals surface area contributed by atoms with Crippen LogP contribution in [0.5, 0.6) is 0 Å². The van der Waals surface area contributed by atoms with Gasteiger partial charge in [0.05, 0.1) is 12.0 Å². The number of likely N-dealkylation sites (tertiary alicyclic amines) is 1. The number of amidine groups is 1. The maximum Gasteiger partial charge on any atom is 0.285 e. The lowest BCUT2D eigenvalue weighted by atomic mass is 9.95. The van der Waals surface area contributed by atoms with Crippen LogP contribution < -0.4 is 5.32 Å². The minimum Gasteiger partial charge on any atom is -0.355 e. The number of nitrogens with one attached hydrogen (secondary N) is 1. The van der Waals surface area contributed by atoms with Gasteiger partial charge in [-0.15, -0.1) is 4.40 Å². The zero-order valence-corrected chi connectivity index (χ0v) is 17.1. The van der Waals surface area contributed by atoms with Crippen LogP contribution in [0.25, 0.3) is 0 Å². The molecule has 2 aliphatic heterocycles. The van der Waals surface area contributed by atoms with E-state index >= 15 is 0 Å². The quantitative estimate of drug-likeness (QED) is 0.807. The molecule has 0 aromatic heterocycles. The summed E-state index contributed by atoms with van der Waals surface area (Å²) in [5.74, 6) is -1.69. The van der Waals surface area contributed by atoms with Gasteiger partial charge in [0.25, 0.3) is 10.0 Å². The highest BCUT2D eigenvalue weighted by atomic mass is 32.2. The Balaban J connectivity index is 1.49. The van der Waals surface area contributed by atoms with Crippen LogP contribution in [0.2, 0.25) is 0 Å². The molecule has 30 heavy (non-hydrogen) atoms. The molecular weight excluding hydrogens is 412 g/mol. The number of sulfonamides is 1. The van der Waals surface area contributed by atoms with E-state index in [1.165, 1.54) is 12.1 Å². The first kappa shape index (κ1) is 20.5. The van der Waals surface area contributed by atoms with E-state index in [4.69, 9.17) is 0 Å². The number of carbonyl (C=O) groups excluding carboxylic acids is 1. The molecule has 4 rings (SSSR count). The van der Waals surface area contributed by atoms with E-state index in [9.17, 15) is 22.0 Å². The van der Waals surface area contributed by atoms with Gasteiger partial charge >= 0.3 is 0 Å². The highest BCUT2D eigenvalue weighted by Gasteiger charge is 2.35. The Hall–Kier alpha value is -2.81. The molecule has 2 aromatic carbocycles. The van der Waals surface area contributed by atoms with Crippen LogP contribution in [0.3, 0.4) is 0 Å². The lowest BCUT2D eigenvalue weighted by molar-refractivity contribution is -0.126. The molecule has 158 valence electrons. The number of nitrogens with zero attached hydrogens (tertiary/aromatic N) is 2. The number of rotatable bonds is 3. The minimum absolute atomic E-state index is 0.173. The summed E-state index contributed by atoms with van der Waals surface area (Å²) >= 11 is 0. The molecule has 0 aliphatic carbocycles. The predicted octanol–water partition coefficient (Wildman–Crippen LogP) is 3.00. The van der Waals surface area contributed by atoms with Gasteiger partial charge in [-0.1, -0.05) is 18.2 Å². The summed E-state index contributed by atoms with van der Waals surface area (Å²) in [6.07, 6.45) is 1.32. The zero-order chi connectivity index (χ0) is 21.5. The molecule has 2 aliphatic rings. The van der Waals surface area contributed by atoms with Gasteiger partial charge in [0.15, 0.2) is 5.84 Å². The smallest absolute Gasteiger partial charge is 0.285 e. The van der Waals surface area contributed by atoms with Crippen molar-refractivity contribution in [2.45, 2.75) is 30.7 Å². The predicted molar refractivity (Wildman–Crippen MR) is 107 cm³/mol. The third-order valence-corrected chi connectivity index (χ3v) is 6.82. The number of carbonyl (C=O) groups is 1. The summed E-state index contributed by atoms with van der Waals surface area (Å²) < 4.78 is 55.7. The SMILES string of the molecule is C[C@@H](NC(=O)[C@H]1CCCN(C2=NS(=O)(=O)c3ccccc32)C1)c1ccc(F)cc1F. The Kier molecular flexibility index (Phi) is 5.31. The van der Waals surface area contributed by atoms with E-state index in [1.807, 2.05) is 4.90 Å². The van der Waals surface area contributed by atoms with Gasteiger partial charge < -0.3 is 10.2 Å². The summed E-state index contributed by atoms with van der Waals surface area (Å²) in [7, 11) is -3.73. The number of halogens is 2. The van der Waals surface area contributed by atoms with Gasteiger partial charge in [0.2, 0.25) is 5.91 Å². The Morgan fingerprint density at radius 1 is 1.23 bits per heavy atom. The molecule has 6 nitrogen and oxygen atoms in total. The normalized spacial score (nSPS) is 21.0. The van der Waals surface area contributed by atoms with Crippen LogP contribution in [0.15, 0.2) is 51.8 Å². The second-order valence-corrected chi connectivity index (χ2v) is 9.14. The van der Waals surface area contributed by atoms with Gasteiger partial charge in [-0.05, 0) is 38.0 Å². The third kappa shape index (κ3) is 3.81. The summed E-state index contributed by atoms with van der Waals surface area (Å²) in [6, 6.07) is 9.27. The average Bonchev–Trinajstić information content (AvgIpc) is 2.99. The Morgan fingerprint density at radius 2 is 2.00 bits per heavy atom. The van der Waals surface area contributed by atoms with Crippen LogP contribution in [0.1, 0.15) is 36.9 Å².